The summed E-state index contributed by atoms with van der Waals surface area (Å²) in [6.07, 6.45) is 3.92. The molecule has 0 amide bonds. The van der Waals surface area contributed by atoms with Crippen molar-refractivity contribution in [3.63, 3.8) is 0 Å². The van der Waals surface area contributed by atoms with Crippen LogP contribution in [-0.2, 0) is 11.3 Å². The van der Waals surface area contributed by atoms with Crippen molar-refractivity contribution < 1.29 is 9.47 Å². The van der Waals surface area contributed by atoms with Gasteiger partial charge < -0.3 is 14.0 Å². The number of fused-ring (bicyclic) bond motifs is 1. The van der Waals surface area contributed by atoms with E-state index in [0.29, 0.717) is 0 Å². The molecule has 1 aliphatic heterocycles. The number of hydrogen-bond acceptors (Lipinski definition) is 4. The lowest BCUT2D eigenvalue weighted by molar-refractivity contribution is 0.0364. The second-order valence-electron chi connectivity index (χ2n) is 6.26. The maximum Gasteiger partial charge on any atom is 0.144 e. The summed E-state index contributed by atoms with van der Waals surface area (Å²) in [5, 5.41) is 2.36. The van der Waals surface area contributed by atoms with Crippen LogP contribution in [0.15, 0.2) is 48.8 Å². The van der Waals surface area contributed by atoms with Crippen LogP contribution in [0.1, 0.15) is 0 Å². The Bertz CT molecular complexity index is 853. The topological polar surface area (TPSA) is 39.5 Å². The highest BCUT2D eigenvalue weighted by atomic mass is 16.5. The molecule has 3 aromatic rings. The first kappa shape index (κ1) is 16.1. The summed E-state index contributed by atoms with van der Waals surface area (Å²) < 4.78 is 13.3. The highest BCUT2D eigenvalue weighted by molar-refractivity contribution is 5.98. The zero-order valence-electron chi connectivity index (χ0n) is 14.5. The zero-order valence-corrected chi connectivity index (χ0v) is 14.5. The van der Waals surface area contributed by atoms with E-state index in [4.69, 9.17) is 9.47 Å². The largest absolute Gasteiger partial charge is 0.496 e. The summed E-state index contributed by atoms with van der Waals surface area (Å²) >= 11 is 0. The number of ether oxygens (including phenoxy) is 2. The first-order chi connectivity index (χ1) is 12.4. The molecule has 0 bridgehead atoms. The maximum atomic E-state index is 5.65. The van der Waals surface area contributed by atoms with Gasteiger partial charge in [0.15, 0.2) is 0 Å². The maximum absolute atomic E-state index is 5.65. The zero-order chi connectivity index (χ0) is 17.1. The fourth-order valence-electron chi connectivity index (χ4n) is 3.44. The molecule has 0 spiro atoms. The molecule has 0 radical (unpaired) electrons. The minimum Gasteiger partial charge on any atom is -0.496 e. The van der Waals surface area contributed by atoms with Crippen LogP contribution in [0.3, 0.4) is 0 Å². The standard InChI is InChI=1S/C20H23N3O2/c1-24-18-7-6-16-4-2-3-5-17(16)19(18)20-21-8-9-23(20)11-10-22-12-14-25-15-13-22/h2-9H,10-15H2,1H3. The van der Waals surface area contributed by atoms with Crippen LogP contribution in [0.25, 0.3) is 22.2 Å². The van der Waals surface area contributed by atoms with Gasteiger partial charge in [0.2, 0.25) is 0 Å². The van der Waals surface area contributed by atoms with E-state index in [9.17, 15) is 0 Å². The molecule has 1 aliphatic rings. The van der Waals surface area contributed by atoms with E-state index in [0.717, 1.165) is 56.5 Å². The lowest BCUT2D eigenvalue weighted by atomic mass is 10.0. The van der Waals surface area contributed by atoms with E-state index in [-0.39, 0.29) is 0 Å². The number of aromatic nitrogens is 2. The Labute approximate surface area is 147 Å². The van der Waals surface area contributed by atoms with Crippen LogP contribution >= 0.6 is 0 Å². The third kappa shape index (κ3) is 3.25. The van der Waals surface area contributed by atoms with E-state index >= 15 is 0 Å². The second-order valence-corrected chi connectivity index (χ2v) is 6.26. The van der Waals surface area contributed by atoms with Crippen LogP contribution in [0, 0.1) is 0 Å². The minimum atomic E-state index is 0.827. The van der Waals surface area contributed by atoms with Gasteiger partial charge in [-0.25, -0.2) is 4.98 Å². The van der Waals surface area contributed by atoms with Gasteiger partial charge in [0, 0.05) is 38.6 Å². The second kappa shape index (κ2) is 7.25. The number of methoxy groups -OCH3 is 1. The van der Waals surface area contributed by atoms with Gasteiger partial charge in [0.05, 0.1) is 25.9 Å². The molecule has 2 heterocycles. The molecule has 1 fully saturated rings. The molecule has 130 valence electrons. The van der Waals surface area contributed by atoms with E-state index in [1.54, 1.807) is 7.11 Å². The molecule has 0 N–H and O–H groups in total. The quantitative estimate of drug-likeness (QED) is 0.717. The van der Waals surface area contributed by atoms with Crippen molar-refractivity contribution in [3.8, 4) is 17.1 Å². The van der Waals surface area contributed by atoms with E-state index in [1.165, 1.54) is 10.8 Å². The highest BCUT2D eigenvalue weighted by Gasteiger charge is 2.16. The van der Waals surface area contributed by atoms with E-state index in [2.05, 4.69) is 51.0 Å². The summed E-state index contributed by atoms with van der Waals surface area (Å²) in [5.41, 5.74) is 1.06. The van der Waals surface area contributed by atoms with Crippen molar-refractivity contribution in [1.82, 2.24) is 14.5 Å². The number of benzene rings is 2. The van der Waals surface area contributed by atoms with Crippen LogP contribution in [-0.4, -0.2) is 54.4 Å². The van der Waals surface area contributed by atoms with Gasteiger partial charge in [0.1, 0.15) is 11.6 Å². The third-order valence-electron chi connectivity index (χ3n) is 4.81. The molecule has 1 aromatic heterocycles. The highest BCUT2D eigenvalue weighted by Crippen LogP contribution is 2.36. The van der Waals surface area contributed by atoms with Crippen molar-refractivity contribution in [2.75, 3.05) is 40.0 Å². The van der Waals surface area contributed by atoms with Gasteiger partial charge in [0.25, 0.3) is 0 Å². The predicted octanol–water partition coefficient (Wildman–Crippen LogP) is 3.04. The summed E-state index contributed by atoms with van der Waals surface area (Å²) in [4.78, 5) is 7.09. The molecular formula is C20H23N3O2. The van der Waals surface area contributed by atoms with Crippen LogP contribution < -0.4 is 4.74 Å². The van der Waals surface area contributed by atoms with Crippen LogP contribution in [0.2, 0.25) is 0 Å². The average Bonchev–Trinajstić information content (AvgIpc) is 3.14. The summed E-state index contributed by atoms with van der Waals surface area (Å²) in [7, 11) is 1.72. The predicted molar refractivity (Wildman–Crippen MR) is 99.0 cm³/mol. The molecule has 0 unspecified atom stereocenters. The number of hydrogen-bond donors (Lipinski definition) is 0. The molecule has 25 heavy (non-hydrogen) atoms. The van der Waals surface area contributed by atoms with Gasteiger partial charge >= 0.3 is 0 Å². The Morgan fingerprint density at radius 3 is 2.76 bits per heavy atom. The SMILES string of the molecule is COc1ccc2ccccc2c1-c1nccn1CCN1CCOCC1. The number of morpholine rings is 1. The van der Waals surface area contributed by atoms with Gasteiger partial charge in [-0.05, 0) is 16.8 Å². The summed E-state index contributed by atoms with van der Waals surface area (Å²) in [6.45, 7) is 5.56. The van der Waals surface area contributed by atoms with Crippen molar-refractivity contribution in [3.05, 3.63) is 48.8 Å². The lowest BCUT2D eigenvalue weighted by Gasteiger charge is -2.26. The fraction of sp³-hybridized carbons (Fsp3) is 0.350. The first-order valence-electron chi connectivity index (χ1n) is 8.74. The lowest BCUT2D eigenvalue weighted by Crippen LogP contribution is -2.38. The Kier molecular flexibility index (Phi) is 4.68. The van der Waals surface area contributed by atoms with E-state index < -0.39 is 0 Å². The molecule has 1 saturated heterocycles. The molecule has 0 aliphatic carbocycles. The molecule has 5 nitrogen and oxygen atoms in total. The fourth-order valence-corrected chi connectivity index (χ4v) is 3.44. The Morgan fingerprint density at radius 1 is 1.08 bits per heavy atom. The molecule has 0 saturated carbocycles. The van der Waals surface area contributed by atoms with Gasteiger partial charge in [-0.2, -0.15) is 0 Å². The third-order valence-corrected chi connectivity index (χ3v) is 4.81. The number of rotatable bonds is 5. The molecule has 2 aromatic carbocycles. The van der Waals surface area contributed by atoms with Gasteiger partial charge in [-0.3, -0.25) is 4.90 Å². The van der Waals surface area contributed by atoms with Crippen LogP contribution in [0.5, 0.6) is 5.75 Å². The Balaban J connectivity index is 1.68. The van der Waals surface area contributed by atoms with Crippen molar-refractivity contribution >= 4 is 10.8 Å². The molecule has 4 rings (SSSR count). The Morgan fingerprint density at radius 2 is 1.92 bits per heavy atom. The minimum absolute atomic E-state index is 0.827. The normalized spacial score (nSPS) is 15.6. The first-order valence-corrected chi connectivity index (χ1v) is 8.74. The smallest absolute Gasteiger partial charge is 0.144 e. The molecule has 0 atom stereocenters. The van der Waals surface area contributed by atoms with Crippen LogP contribution in [0.4, 0.5) is 0 Å². The average molecular weight is 337 g/mol. The molecule has 5 heteroatoms. The number of imidazole rings is 1. The number of nitrogens with zero attached hydrogens (tertiary/aromatic N) is 3. The summed E-state index contributed by atoms with van der Waals surface area (Å²) in [6, 6.07) is 12.5. The monoisotopic (exact) mass is 337 g/mol. The van der Waals surface area contributed by atoms with E-state index in [1.807, 2.05) is 12.3 Å². The van der Waals surface area contributed by atoms with Crippen molar-refractivity contribution in [2.45, 2.75) is 6.54 Å². The van der Waals surface area contributed by atoms with Crippen molar-refractivity contribution in [2.24, 2.45) is 0 Å². The summed E-state index contributed by atoms with van der Waals surface area (Å²) in [5.74, 6) is 1.82. The van der Waals surface area contributed by atoms with Gasteiger partial charge in [-0.1, -0.05) is 30.3 Å². The molecular weight excluding hydrogens is 314 g/mol. The Hall–Kier alpha value is -2.37. The van der Waals surface area contributed by atoms with Crippen molar-refractivity contribution in [1.29, 1.82) is 0 Å². The van der Waals surface area contributed by atoms with Gasteiger partial charge in [-0.15, -0.1) is 0 Å².